The first-order valence-electron chi connectivity index (χ1n) is 9.14. The largest absolute Gasteiger partial charge is 0.416 e. The summed E-state index contributed by atoms with van der Waals surface area (Å²) in [6, 6.07) is 2.45. The summed E-state index contributed by atoms with van der Waals surface area (Å²) in [7, 11) is 0. The van der Waals surface area contributed by atoms with Gasteiger partial charge in [-0.1, -0.05) is 0 Å². The number of hydrogen-bond acceptors (Lipinski definition) is 1. The second kappa shape index (κ2) is 6.36. The van der Waals surface area contributed by atoms with Crippen molar-refractivity contribution in [1.82, 2.24) is 10.6 Å². The minimum absolute atomic E-state index is 0.0190. The number of rotatable bonds is 3. The van der Waals surface area contributed by atoms with E-state index in [1.165, 1.54) is 19.3 Å². The summed E-state index contributed by atoms with van der Waals surface area (Å²) in [6.07, 6.45) is 2.79. The monoisotopic (exact) mass is 386 g/mol. The van der Waals surface area contributed by atoms with Gasteiger partial charge in [0.2, 0.25) is 0 Å². The van der Waals surface area contributed by atoms with Crippen LogP contribution < -0.4 is 10.6 Å². The summed E-state index contributed by atoms with van der Waals surface area (Å²) in [5.74, 6) is 1.62. The first-order valence-corrected chi connectivity index (χ1v) is 9.55. The van der Waals surface area contributed by atoms with E-state index in [-0.39, 0.29) is 17.6 Å². The van der Waals surface area contributed by atoms with Gasteiger partial charge in [-0.15, -0.1) is 0 Å². The van der Waals surface area contributed by atoms with Crippen LogP contribution in [0.5, 0.6) is 0 Å². The second-order valence-electron chi connectivity index (χ2n) is 8.31. The maximum atomic E-state index is 13.9. The van der Waals surface area contributed by atoms with Crippen molar-refractivity contribution in [2.45, 2.75) is 56.8 Å². The summed E-state index contributed by atoms with van der Waals surface area (Å²) in [5, 5.41) is 6.75. The molecule has 0 heterocycles. The van der Waals surface area contributed by atoms with Crippen molar-refractivity contribution in [3.63, 3.8) is 0 Å². The fourth-order valence-electron chi connectivity index (χ4n) is 5.61. The molecule has 2 N–H and O–H groups in total. The number of thiocarbonyl (C=S) groups is 1. The molecule has 4 fully saturated rings. The van der Waals surface area contributed by atoms with Crippen LogP contribution in [0.25, 0.3) is 0 Å². The maximum absolute atomic E-state index is 13.9. The molecule has 5 rings (SSSR count). The molecule has 7 heteroatoms. The molecule has 4 aliphatic rings. The van der Waals surface area contributed by atoms with E-state index in [2.05, 4.69) is 10.6 Å². The molecule has 4 saturated carbocycles. The van der Waals surface area contributed by atoms with Crippen LogP contribution in [0, 0.1) is 23.6 Å². The SMILES string of the molecule is Fc1ccc(C(F)(F)F)cc1CNC(=S)NC12CC3CC(CC(C3)C1)C2. The van der Waals surface area contributed by atoms with Crippen LogP contribution in [0.15, 0.2) is 18.2 Å². The summed E-state index contributed by atoms with van der Waals surface area (Å²) in [4.78, 5) is 0. The Morgan fingerprint density at radius 1 is 1.08 bits per heavy atom. The van der Waals surface area contributed by atoms with E-state index in [9.17, 15) is 17.6 Å². The highest BCUT2D eigenvalue weighted by Crippen LogP contribution is 2.55. The van der Waals surface area contributed by atoms with Gasteiger partial charge in [0.25, 0.3) is 0 Å². The number of benzene rings is 1. The van der Waals surface area contributed by atoms with Crippen molar-refractivity contribution in [3.05, 3.63) is 35.1 Å². The highest BCUT2D eigenvalue weighted by Gasteiger charge is 2.51. The topological polar surface area (TPSA) is 24.1 Å². The third kappa shape index (κ3) is 3.55. The maximum Gasteiger partial charge on any atom is 0.416 e. The van der Waals surface area contributed by atoms with Crippen molar-refractivity contribution in [2.75, 3.05) is 0 Å². The Bertz CT molecular complexity index is 681. The van der Waals surface area contributed by atoms with Crippen molar-refractivity contribution in [2.24, 2.45) is 17.8 Å². The molecular weight excluding hydrogens is 364 g/mol. The fourth-order valence-corrected chi connectivity index (χ4v) is 5.90. The molecule has 142 valence electrons. The van der Waals surface area contributed by atoms with E-state index in [1.807, 2.05) is 0 Å². The molecule has 0 aliphatic heterocycles. The second-order valence-corrected chi connectivity index (χ2v) is 8.72. The van der Waals surface area contributed by atoms with E-state index in [0.717, 1.165) is 55.2 Å². The van der Waals surface area contributed by atoms with Gasteiger partial charge in [-0.25, -0.2) is 4.39 Å². The zero-order chi connectivity index (χ0) is 18.5. The Balaban J connectivity index is 1.39. The average molecular weight is 386 g/mol. The molecule has 0 saturated heterocycles. The van der Waals surface area contributed by atoms with Gasteiger partial charge in [-0.2, -0.15) is 13.2 Å². The zero-order valence-corrected chi connectivity index (χ0v) is 15.2. The molecule has 26 heavy (non-hydrogen) atoms. The number of hydrogen-bond donors (Lipinski definition) is 2. The molecule has 1 aromatic carbocycles. The molecular formula is C19H22F4N2S. The van der Waals surface area contributed by atoms with E-state index in [0.29, 0.717) is 5.11 Å². The van der Waals surface area contributed by atoms with E-state index in [1.54, 1.807) is 0 Å². The van der Waals surface area contributed by atoms with Crippen molar-refractivity contribution in [1.29, 1.82) is 0 Å². The molecule has 0 radical (unpaired) electrons. The molecule has 0 aromatic heterocycles. The first-order chi connectivity index (χ1) is 12.2. The third-order valence-electron chi connectivity index (χ3n) is 6.23. The van der Waals surface area contributed by atoms with Gasteiger partial charge in [0, 0.05) is 17.6 Å². The Labute approximate surface area is 155 Å². The first kappa shape index (κ1) is 18.0. The van der Waals surface area contributed by atoms with Gasteiger partial charge in [-0.3, -0.25) is 0 Å². The van der Waals surface area contributed by atoms with Crippen LogP contribution in [0.3, 0.4) is 0 Å². The minimum atomic E-state index is -4.49. The molecule has 4 bridgehead atoms. The normalized spacial score (nSPS) is 32.5. The van der Waals surface area contributed by atoms with Crippen LogP contribution in [0.1, 0.15) is 49.7 Å². The predicted molar refractivity (Wildman–Crippen MR) is 94.9 cm³/mol. The molecule has 4 aliphatic carbocycles. The summed E-state index contributed by atoms with van der Waals surface area (Å²) >= 11 is 5.37. The molecule has 0 spiro atoms. The van der Waals surface area contributed by atoms with Crippen LogP contribution >= 0.6 is 12.2 Å². The third-order valence-corrected chi connectivity index (χ3v) is 6.48. The van der Waals surface area contributed by atoms with Crippen LogP contribution in [0.2, 0.25) is 0 Å². The number of nitrogens with one attached hydrogen (secondary N) is 2. The molecule has 2 nitrogen and oxygen atoms in total. The lowest BCUT2D eigenvalue weighted by atomic mass is 9.53. The number of alkyl halides is 3. The van der Waals surface area contributed by atoms with E-state index >= 15 is 0 Å². The highest BCUT2D eigenvalue weighted by atomic mass is 32.1. The van der Waals surface area contributed by atoms with Gasteiger partial charge >= 0.3 is 6.18 Å². The van der Waals surface area contributed by atoms with Crippen molar-refractivity contribution in [3.8, 4) is 0 Å². The molecule has 0 atom stereocenters. The van der Waals surface area contributed by atoms with Crippen LogP contribution in [0.4, 0.5) is 17.6 Å². The van der Waals surface area contributed by atoms with Crippen molar-refractivity contribution >= 4 is 17.3 Å². The zero-order valence-electron chi connectivity index (χ0n) is 14.3. The Morgan fingerprint density at radius 2 is 1.65 bits per heavy atom. The van der Waals surface area contributed by atoms with Crippen LogP contribution in [-0.2, 0) is 12.7 Å². The lowest BCUT2D eigenvalue weighted by molar-refractivity contribution is -0.137. The van der Waals surface area contributed by atoms with Gasteiger partial charge in [0.05, 0.1) is 5.56 Å². The van der Waals surface area contributed by atoms with Gasteiger partial charge in [0.1, 0.15) is 5.82 Å². The Kier molecular flexibility index (Phi) is 4.40. The lowest BCUT2D eigenvalue weighted by Crippen LogP contribution is -2.61. The highest BCUT2D eigenvalue weighted by molar-refractivity contribution is 7.80. The number of halogens is 4. The van der Waals surface area contributed by atoms with Gasteiger partial charge in [0.15, 0.2) is 5.11 Å². The van der Waals surface area contributed by atoms with Crippen LogP contribution in [-0.4, -0.2) is 10.7 Å². The molecule has 0 unspecified atom stereocenters. The fraction of sp³-hybridized carbons (Fsp3) is 0.632. The standard InChI is InChI=1S/C19H22F4N2S/c20-16-2-1-15(19(21,22)23)6-14(16)10-24-17(26)25-18-7-11-3-12(8-18)5-13(4-11)9-18/h1-2,6,11-13H,3-5,7-10H2,(H2,24,25,26). The Morgan fingerprint density at radius 3 is 2.19 bits per heavy atom. The smallest absolute Gasteiger partial charge is 0.359 e. The lowest BCUT2D eigenvalue weighted by Gasteiger charge is -2.57. The molecule has 0 amide bonds. The molecule has 1 aromatic rings. The van der Waals surface area contributed by atoms with E-state index in [4.69, 9.17) is 12.2 Å². The minimum Gasteiger partial charge on any atom is -0.359 e. The van der Waals surface area contributed by atoms with Gasteiger partial charge < -0.3 is 10.6 Å². The summed E-state index contributed by atoms with van der Waals surface area (Å²) in [5.41, 5.74) is -0.865. The summed E-state index contributed by atoms with van der Waals surface area (Å²) in [6.45, 7) is -0.0616. The van der Waals surface area contributed by atoms with Crippen molar-refractivity contribution < 1.29 is 17.6 Å². The quantitative estimate of drug-likeness (QED) is 0.578. The predicted octanol–water partition coefficient (Wildman–Crippen LogP) is 4.78. The summed E-state index contributed by atoms with van der Waals surface area (Å²) < 4.78 is 52.3. The van der Waals surface area contributed by atoms with E-state index < -0.39 is 17.6 Å². The Hall–Kier alpha value is -1.37. The average Bonchev–Trinajstić information content (AvgIpc) is 2.51. The van der Waals surface area contributed by atoms with Gasteiger partial charge in [-0.05, 0) is 86.7 Å².